The number of halogens is 1. The van der Waals surface area contributed by atoms with Crippen LogP contribution < -0.4 is 9.62 Å². The van der Waals surface area contributed by atoms with Gasteiger partial charge >= 0.3 is 0 Å². The molecule has 3 rings (SSSR count). The number of rotatable bonds is 12. The van der Waals surface area contributed by atoms with E-state index in [1.165, 1.54) is 17.0 Å². The quantitative estimate of drug-likeness (QED) is 0.289. The van der Waals surface area contributed by atoms with Crippen molar-refractivity contribution < 1.29 is 18.0 Å². The molecule has 2 atom stereocenters. The lowest BCUT2D eigenvalue weighted by Gasteiger charge is -2.34. The van der Waals surface area contributed by atoms with Gasteiger partial charge in [0.05, 0.1) is 10.6 Å². The molecule has 0 spiro atoms. The SMILES string of the molecule is CCC(C)NC(=O)C(CC)N(Cc1ccc(Cl)cc1)C(=O)CN(c1cc(C)cc(C)c1)S(=O)(=O)c1ccccc1. The molecule has 7 nitrogen and oxygen atoms in total. The third-order valence-electron chi connectivity index (χ3n) is 6.76. The van der Waals surface area contributed by atoms with Crippen molar-refractivity contribution in [2.45, 2.75) is 71.0 Å². The Morgan fingerprint density at radius 1 is 0.900 bits per heavy atom. The molecule has 2 amide bonds. The van der Waals surface area contributed by atoms with Gasteiger partial charge in [-0.1, -0.05) is 61.8 Å². The molecule has 0 radical (unpaired) electrons. The van der Waals surface area contributed by atoms with E-state index in [0.29, 0.717) is 17.1 Å². The number of sulfonamides is 1. The topological polar surface area (TPSA) is 86.8 Å². The van der Waals surface area contributed by atoms with Crippen LogP contribution >= 0.6 is 11.6 Å². The van der Waals surface area contributed by atoms with Gasteiger partial charge in [-0.3, -0.25) is 13.9 Å². The van der Waals surface area contributed by atoms with Gasteiger partial charge in [0.1, 0.15) is 12.6 Å². The highest BCUT2D eigenvalue weighted by molar-refractivity contribution is 7.92. The summed E-state index contributed by atoms with van der Waals surface area (Å²) in [5, 5.41) is 3.53. The van der Waals surface area contributed by atoms with E-state index < -0.39 is 28.5 Å². The Kier molecular flexibility index (Phi) is 10.8. The van der Waals surface area contributed by atoms with Gasteiger partial charge in [-0.05, 0) is 86.7 Å². The summed E-state index contributed by atoms with van der Waals surface area (Å²) >= 11 is 6.08. The maximum atomic E-state index is 14.1. The van der Waals surface area contributed by atoms with E-state index in [4.69, 9.17) is 11.6 Å². The van der Waals surface area contributed by atoms with Crippen LogP contribution in [0.2, 0.25) is 5.02 Å². The smallest absolute Gasteiger partial charge is 0.264 e. The number of amides is 2. The lowest BCUT2D eigenvalue weighted by atomic mass is 10.1. The molecule has 214 valence electrons. The van der Waals surface area contributed by atoms with Gasteiger partial charge in [-0.2, -0.15) is 0 Å². The molecular weight excluding hydrogens is 546 g/mol. The molecule has 0 aliphatic heterocycles. The summed E-state index contributed by atoms with van der Waals surface area (Å²) in [6, 6.07) is 19.7. The highest BCUT2D eigenvalue weighted by Crippen LogP contribution is 2.27. The van der Waals surface area contributed by atoms with Crippen LogP contribution in [0.3, 0.4) is 0 Å². The van der Waals surface area contributed by atoms with E-state index in [-0.39, 0.29) is 23.4 Å². The lowest BCUT2D eigenvalue weighted by Crippen LogP contribution is -2.53. The third-order valence-corrected chi connectivity index (χ3v) is 8.80. The second-order valence-electron chi connectivity index (χ2n) is 10.1. The van der Waals surface area contributed by atoms with Gasteiger partial charge in [0, 0.05) is 17.6 Å². The number of aryl methyl sites for hydroxylation is 2. The number of hydrogen-bond donors (Lipinski definition) is 1. The van der Waals surface area contributed by atoms with Gasteiger partial charge in [0.2, 0.25) is 11.8 Å². The van der Waals surface area contributed by atoms with Crippen LogP contribution in [0.25, 0.3) is 0 Å². The van der Waals surface area contributed by atoms with Crippen LogP contribution in [0, 0.1) is 13.8 Å². The molecule has 1 N–H and O–H groups in total. The molecule has 0 aliphatic carbocycles. The number of hydrogen-bond acceptors (Lipinski definition) is 4. The van der Waals surface area contributed by atoms with E-state index in [0.717, 1.165) is 27.4 Å². The summed E-state index contributed by atoms with van der Waals surface area (Å²) in [5.41, 5.74) is 2.90. The average Bonchev–Trinajstić information content (AvgIpc) is 2.92. The number of nitrogens with zero attached hydrogens (tertiary/aromatic N) is 2. The monoisotopic (exact) mass is 583 g/mol. The molecule has 0 aromatic heterocycles. The molecular formula is C31H38ClN3O4S. The minimum Gasteiger partial charge on any atom is -0.352 e. The van der Waals surface area contributed by atoms with Crippen LogP contribution in [0.1, 0.15) is 50.3 Å². The molecule has 0 heterocycles. The predicted molar refractivity (Wildman–Crippen MR) is 161 cm³/mol. The fraction of sp³-hybridized carbons (Fsp3) is 0.355. The molecule has 3 aromatic carbocycles. The van der Waals surface area contributed by atoms with Gasteiger partial charge in [0.15, 0.2) is 0 Å². The first kappa shape index (κ1) is 31.2. The Morgan fingerprint density at radius 3 is 2.05 bits per heavy atom. The highest BCUT2D eigenvalue weighted by atomic mass is 35.5. The number of carbonyl (C=O) groups excluding carboxylic acids is 2. The first-order valence-electron chi connectivity index (χ1n) is 13.5. The summed E-state index contributed by atoms with van der Waals surface area (Å²) in [4.78, 5) is 29.0. The average molecular weight is 584 g/mol. The molecule has 2 unspecified atom stereocenters. The maximum absolute atomic E-state index is 14.1. The van der Waals surface area contributed by atoms with Crippen molar-refractivity contribution in [1.29, 1.82) is 0 Å². The molecule has 0 bridgehead atoms. The summed E-state index contributed by atoms with van der Waals surface area (Å²) in [6.07, 6.45) is 1.10. The van der Waals surface area contributed by atoms with Crippen molar-refractivity contribution in [2.75, 3.05) is 10.8 Å². The number of nitrogens with one attached hydrogen (secondary N) is 1. The van der Waals surface area contributed by atoms with Crippen LogP contribution in [-0.4, -0.2) is 43.8 Å². The molecule has 40 heavy (non-hydrogen) atoms. The third kappa shape index (κ3) is 7.86. The first-order chi connectivity index (χ1) is 19.0. The van der Waals surface area contributed by atoms with E-state index in [2.05, 4.69) is 5.32 Å². The Labute approximate surface area is 243 Å². The molecule has 0 fully saturated rings. The van der Waals surface area contributed by atoms with E-state index >= 15 is 0 Å². The summed E-state index contributed by atoms with van der Waals surface area (Å²) in [7, 11) is -4.10. The summed E-state index contributed by atoms with van der Waals surface area (Å²) in [5.74, 6) is -0.761. The highest BCUT2D eigenvalue weighted by Gasteiger charge is 2.34. The summed E-state index contributed by atoms with van der Waals surface area (Å²) < 4.78 is 29.0. The van der Waals surface area contributed by atoms with Crippen molar-refractivity contribution >= 4 is 39.1 Å². The zero-order chi connectivity index (χ0) is 29.4. The largest absolute Gasteiger partial charge is 0.352 e. The van der Waals surface area contributed by atoms with Crippen molar-refractivity contribution in [2.24, 2.45) is 0 Å². The molecule has 0 saturated carbocycles. The Morgan fingerprint density at radius 2 is 1.50 bits per heavy atom. The van der Waals surface area contributed by atoms with Gasteiger partial charge in [-0.25, -0.2) is 8.42 Å². The summed E-state index contributed by atoms with van der Waals surface area (Å²) in [6.45, 7) is 9.12. The van der Waals surface area contributed by atoms with Crippen LogP contribution in [0.15, 0.2) is 77.7 Å². The van der Waals surface area contributed by atoms with E-state index in [1.54, 1.807) is 54.6 Å². The van der Waals surface area contributed by atoms with E-state index in [1.807, 2.05) is 40.7 Å². The van der Waals surface area contributed by atoms with Crippen molar-refractivity contribution in [3.63, 3.8) is 0 Å². The predicted octanol–water partition coefficient (Wildman–Crippen LogP) is 5.87. The molecule has 0 saturated heterocycles. The number of carbonyl (C=O) groups is 2. The zero-order valence-electron chi connectivity index (χ0n) is 23.7. The van der Waals surface area contributed by atoms with Crippen LogP contribution in [0.5, 0.6) is 0 Å². The van der Waals surface area contributed by atoms with E-state index in [9.17, 15) is 18.0 Å². The van der Waals surface area contributed by atoms with Crippen molar-refractivity contribution in [3.8, 4) is 0 Å². The Balaban J connectivity index is 2.07. The molecule has 0 aliphatic rings. The molecule has 9 heteroatoms. The van der Waals surface area contributed by atoms with Gasteiger partial charge in [-0.15, -0.1) is 0 Å². The van der Waals surface area contributed by atoms with Crippen molar-refractivity contribution in [1.82, 2.24) is 10.2 Å². The number of anilines is 1. The maximum Gasteiger partial charge on any atom is 0.264 e. The van der Waals surface area contributed by atoms with Crippen molar-refractivity contribution in [3.05, 3.63) is 94.5 Å². The number of benzene rings is 3. The standard InChI is InChI=1S/C31H38ClN3O4S/c1-6-24(5)33-31(37)29(7-2)34(20-25-13-15-26(32)16-14-25)30(36)21-35(27-18-22(3)17-23(4)19-27)40(38,39)28-11-9-8-10-12-28/h8-19,24,29H,6-7,20-21H2,1-5H3,(H,33,37). The zero-order valence-corrected chi connectivity index (χ0v) is 25.3. The molecule has 3 aromatic rings. The minimum absolute atomic E-state index is 0.0701. The first-order valence-corrected chi connectivity index (χ1v) is 15.3. The van der Waals surface area contributed by atoms with Gasteiger partial charge < -0.3 is 10.2 Å². The second-order valence-corrected chi connectivity index (χ2v) is 12.4. The second kappa shape index (κ2) is 13.8. The van der Waals surface area contributed by atoms with Crippen LogP contribution in [-0.2, 0) is 26.2 Å². The van der Waals surface area contributed by atoms with Gasteiger partial charge in [0.25, 0.3) is 10.0 Å². The Bertz CT molecular complexity index is 1390. The fourth-order valence-corrected chi connectivity index (χ4v) is 6.04. The normalized spacial score (nSPS) is 12.8. The lowest BCUT2D eigenvalue weighted by molar-refractivity contribution is -0.140. The fourth-order valence-electron chi connectivity index (χ4n) is 4.49. The minimum atomic E-state index is -4.10. The Hall–Kier alpha value is -3.36. The van der Waals surface area contributed by atoms with Crippen LogP contribution in [0.4, 0.5) is 5.69 Å².